The summed E-state index contributed by atoms with van der Waals surface area (Å²) in [5, 5.41) is 71.2. The average Bonchev–Trinajstić information content (AvgIpc) is 3.25. The Hall–Kier alpha value is -4.62. The summed E-state index contributed by atoms with van der Waals surface area (Å²) in [6.07, 6.45) is -6.75. The highest BCUT2D eigenvalue weighted by atomic mass is 31.1. The van der Waals surface area contributed by atoms with Crippen molar-refractivity contribution in [2.24, 2.45) is 11.7 Å². The minimum absolute atomic E-state index is 0.112. The summed E-state index contributed by atoms with van der Waals surface area (Å²) in [5.74, 6) is -5.00. The number of nitrogens with two attached hydrogens (primary N) is 1. The lowest BCUT2D eigenvalue weighted by Crippen LogP contribution is -2.52. The van der Waals surface area contributed by atoms with Crippen molar-refractivity contribution in [2.75, 3.05) is 45.1 Å². The number of aliphatic hydroxyl groups excluding tert-OH is 5. The van der Waals surface area contributed by atoms with Crippen molar-refractivity contribution in [3.63, 3.8) is 0 Å². The lowest BCUT2D eigenvalue weighted by molar-refractivity contribution is -0.150. The second-order valence-corrected chi connectivity index (χ2v) is 17.8. The molecular weight excluding hydrogens is 784 g/mol. The molecule has 0 radical (unpaired) electrons. The minimum Gasteiger partial charge on any atom is -0.481 e. The first kappa shape index (κ1) is 47.8. The molecule has 4 aromatic carbocycles. The van der Waals surface area contributed by atoms with Crippen LogP contribution in [0.2, 0.25) is 0 Å². The number of carbonyl (C=O) groups excluding carboxylic acids is 2. The molecule has 0 aliphatic carbocycles. The summed E-state index contributed by atoms with van der Waals surface area (Å²) in [6.45, 7) is 0.369. The van der Waals surface area contributed by atoms with E-state index in [1.807, 2.05) is 72.8 Å². The standard InChI is InChI=1S/C34H35NO5P2.C8H18N2O6/c36-32(25-27(34(39)40)26-33(37)38)35(21-23-41(28-13-5-1-6-14-28)29-15-7-2-8-16-29)22-24-42(30-17-9-3-10-18-30)31-19-11-4-12-20-31;9-1-2-10-8(16)7(15)6(14)5(13)4(12)3-11/h1-20,27H,21-26H2,(H,37,38)(H,39,40);4-7,11-15H,1-3,9H2,(H,10,16). The van der Waals surface area contributed by atoms with Gasteiger partial charge in [0.05, 0.1) is 18.9 Å². The van der Waals surface area contributed by atoms with Gasteiger partial charge >= 0.3 is 11.9 Å². The van der Waals surface area contributed by atoms with Gasteiger partial charge in [-0.15, -0.1) is 0 Å². The first-order valence-corrected chi connectivity index (χ1v) is 21.7. The number of carbonyl (C=O) groups is 4. The van der Waals surface area contributed by atoms with Crippen LogP contribution in [0.15, 0.2) is 121 Å². The van der Waals surface area contributed by atoms with E-state index in [2.05, 4.69) is 53.8 Å². The first-order valence-electron chi connectivity index (χ1n) is 18.7. The van der Waals surface area contributed by atoms with Crippen LogP contribution in [0.25, 0.3) is 0 Å². The Balaban J connectivity index is 0.000000475. The number of hydrogen-bond donors (Lipinski definition) is 9. The van der Waals surface area contributed by atoms with Gasteiger partial charge < -0.3 is 51.7 Å². The molecule has 0 aliphatic rings. The fourth-order valence-corrected chi connectivity index (χ4v) is 10.5. The van der Waals surface area contributed by atoms with E-state index >= 15 is 0 Å². The van der Waals surface area contributed by atoms with E-state index < -0.39 is 77.1 Å². The van der Waals surface area contributed by atoms with Crippen LogP contribution < -0.4 is 32.3 Å². The van der Waals surface area contributed by atoms with Crippen molar-refractivity contribution < 1.29 is 54.9 Å². The Morgan fingerprint density at radius 3 is 1.34 bits per heavy atom. The smallest absolute Gasteiger partial charge is 0.307 e. The third kappa shape index (κ3) is 15.6. The number of hydrogen-bond acceptors (Lipinski definition) is 10. The summed E-state index contributed by atoms with van der Waals surface area (Å²) < 4.78 is 0. The van der Waals surface area contributed by atoms with Crippen molar-refractivity contribution in [3.8, 4) is 0 Å². The van der Waals surface area contributed by atoms with E-state index in [1.165, 1.54) is 21.2 Å². The zero-order valence-corrected chi connectivity index (χ0v) is 33.8. The van der Waals surface area contributed by atoms with Crippen LogP contribution in [-0.4, -0.2) is 134 Å². The number of nitrogens with one attached hydrogen (secondary N) is 1. The molecule has 58 heavy (non-hydrogen) atoms. The van der Waals surface area contributed by atoms with Gasteiger partial charge in [-0.25, -0.2) is 0 Å². The number of aliphatic carboxylic acids is 2. The van der Waals surface area contributed by atoms with E-state index in [4.69, 9.17) is 15.9 Å². The van der Waals surface area contributed by atoms with Crippen LogP contribution in [0.5, 0.6) is 0 Å². The molecule has 16 heteroatoms. The van der Waals surface area contributed by atoms with Gasteiger partial charge in [-0.2, -0.15) is 0 Å². The highest BCUT2D eigenvalue weighted by molar-refractivity contribution is 7.73. The normalized spacial score (nSPS) is 13.7. The van der Waals surface area contributed by atoms with Gasteiger partial charge in [0.1, 0.15) is 18.3 Å². The Kier molecular flexibility index (Phi) is 21.1. The zero-order valence-electron chi connectivity index (χ0n) is 32.0. The van der Waals surface area contributed by atoms with Crippen LogP contribution in [0, 0.1) is 5.92 Å². The predicted octanol–water partition coefficient (Wildman–Crippen LogP) is 0.144. The van der Waals surface area contributed by atoms with Gasteiger partial charge in [-0.05, 0) is 49.4 Å². The minimum atomic E-state index is -1.90. The maximum atomic E-state index is 13.7. The molecule has 0 fully saturated rings. The molecule has 0 heterocycles. The van der Waals surface area contributed by atoms with Crippen molar-refractivity contribution >= 4 is 60.8 Å². The van der Waals surface area contributed by atoms with Gasteiger partial charge in [0.15, 0.2) is 6.10 Å². The molecule has 0 saturated heterocycles. The molecule has 0 aliphatic heterocycles. The summed E-state index contributed by atoms with van der Waals surface area (Å²) >= 11 is 0. The van der Waals surface area contributed by atoms with Crippen molar-refractivity contribution in [3.05, 3.63) is 121 Å². The van der Waals surface area contributed by atoms with Crippen LogP contribution in [-0.2, 0) is 19.2 Å². The molecule has 4 aromatic rings. The fourth-order valence-electron chi connectivity index (χ4n) is 5.82. The Bertz CT molecular complexity index is 1650. The Labute approximate surface area is 340 Å². The Morgan fingerprint density at radius 2 is 1.02 bits per heavy atom. The summed E-state index contributed by atoms with van der Waals surface area (Å²) in [7, 11) is -1.54. The van der Waals surface area contributed by atoms with Crippen molar-refractivity contribution in [2.45, 2.75) is 37.3 Å². The van der Waals surface area contributed by atoms with Crippen molar-refractivity contribution in [1.82, 2.24) is 10.2 Å². The number of nitrogens with zero attached hydrogens (tertiary/aromatic N) is 1. The number of benzene rings is 4. The molecule has 5 atom stereocenters. The number of amides is 2. The van der Waals surface area contributed by atoms with Crippen LogP contribution in [0.4, 0.5) is 0 Å². The molecule has 2 amide bonds. The topological polar surface area (TPSA) is 251 Å². The predicted molar refractivity (Wildman–Crippen MR) is 226 cm³/mol. The van der Waals surface area contributed by atoms with Crippen LogP contribution in [0.1, 0.15) is 12.8 Å². The summed E-state index contributed by atoms with van der Waals surface area (Å²) in [6, 6.07) is 41.0. The van der Waals surface area contributed by atoms with E-state index in [0.29, 0.717) is 25.4 Å². The van der Waals surface area contributed by atoms with Gasteiger partial charge in [-0.1, -0.05) is 121 Å². The van der Waals surface area contributed by atoms with Gasteiger partial charge in [0, 0.05) is 32.6 Å². The van der Waals surface area contributed by atoms with Gasteiger partial charge in [0.25, 0.3) is 5.91 Å². The lowest BCUT2D eigenvalue weighted by atomic mass is 10.0. The second-order valence-electron chi connectivity index (χ2n) is 13.1. The van der Waals surface area contributed by atoms with E-state index in [9.17, 15) is 44.7 Å². The lowest BCUT2D eigenvalue weighted by Gasteiger charge is -2.29. The Morgan fingerprint density at radius 1 is 0.621 bits per heavy atom. The molecule has 0 aromatic heterocycles. The van der Waals surface area contributed by atoms with Crippen molar-refractivity contribution in [1.29, 1.82) is 0 Å². The molecule has 0 bridgehead atoms. The molecule has 5 unspecified atom stereocenters. The monoisotopic (exact) mass is 837 g/mol. The molecule has 0 saturated carbocycles. The number of aliphatic hydroxyl groups is 5. The van der Waals surface area contributed by atoms with Gasteiger partial charge in [-0.3, -0.25) is 19.2 Å². The number of carboxylic acid groups (broad SMARTS) is 2. The summed E-state index contributed by atoms with van der Waals surface area (Å²) in [5.41, 5.74) is 5.10. The quantitative estimate of drug-likeness (QED) is 0.0480. The van der Waals surface area contributed by atoms with Gasteiger partial charge in [0.2, 0.25) is 5.91 Å². The van der Waals surface area contributed by atoms with E-state index in [1.54, 1.807) is 4.90 Å². The fraction of sp³-hybridized carbons (Fsp3) is 0.333. The number of carboxylic acids is 2. The second kappa shape index (κ2) is 25.7. The largest absolute Gasteiger partial charge is 0.481 e. The molecule has 10 N–H and O–H groups in total. The number of rotatable bonds is 22. The molecule has 14 nitrogen and oxygen atoms in total. The SMILES string of the molecule is NCCNC(=O)C(O)C(O)C(O)C(O)CO.O=C(O)CC(CC(=O)N(CCP(c1ccccc1)c1ccccc1)CCP(c1ccccc1)c1ccccc1)C(=O)O. The highest BCUT2D eigenvalue weighted by Crippen LogP contribution is 2.35. The maximum absolute atomic E-state index is 13.7. The third-order valence-corrected chi connectivity index (χ3v) is 13.9. The molecule has 312 valence electrons. The van der Waals surface area contributed by atoms with E-state index in [0.717, 1.165) is 0 Å². The van der Waals surface area contributed by atoms with E-state index in [-0.39, 0.29) is 25.4 Å². The van der Waals surface area contributed by atoms with Crippen LogP contribution in [0.3, 0.4) is 0 Å². The molecule has 0 spiro atoms. The molecular formula is C42H53N3O11P2. The zero-order chi connectivity index (χ0) is 42.5. The molecule has 4 rings (SSSR count). The van der Waals surface area contributed by atoms with Crippen LogP contribution >= 0.6 is 15.8 Å². The highest BCUT2D eigenvalue weighted by Gasteiger charge is 2.34. The maximum Gasteiger partial charge on any atom is 0.307 e. The third-order valence-electron chi connectivity index (χ3n) is 8.97. The first-order chi connectivity index (χ1) is 27.9. The summed E-state index contributed by atoms with van der Waals surface area (Å²) in [4.78, 5) is 49.8. The average molecular weight is 838 g/mol.